The molecule has 0 bridgehead atoms. The molecule has 1 saturated heterocycles. The second-order valence-corrected chi connectivity index (χ2v) is 6.65. The van der Waals surface area contributed by atoms with Crippen LogP contribution >= 0.6 is 15.9 Å². The lowest BCUT2D eigenvalue weighted by Crippen LogP contribution is -2.32. The fourth-order valence-electron chi connectivity index (χ4n) is 2.66. The maximum atomic E-state index is 13.6. The van der Waals surface area contributed by atoms with Gasteiger partial charge in [-0.3, -0.25) is 0 Å². The van der Waals surface area contributed by atoms with Crippen LogP contribution in [0.5, 0.6) is 0 Å². The summed E-state index contributed by atoms with van der Waals surface area (Å²) in [6.07, 6.45) is 5.70. The van der Waals surface area contributed by atoms with Gasteiger partial charge in [0.25, 0.3) is 0 Å². The Bertz CT molecular complexity index is 513. The highest BCUT2D eigenvalue weighted by Gasteiger charge is 2.13. The topological polar surface area (TPSA) is 44.4 Å². The van der Waals surface area contributed by atoms with E-state index in [0.29, 0.717) is 6.54 Å². The molecule has 0 aliphatic carbocycles. The summed E-state index contributed by atoms with van der Waals surface area (Å²) < 4.78 is 27.5. The van der Waals surface area contributed by atoms with Gasteiger partial charge in [0.2, 0.25) is 0 Å². The van der Waals surface area contributed by atoms with Gasteiger partial charge in [-0.25, -0.2) is 13.6 Å². The Morgan fingerprint density at radius 1 is 1.13 bits per heavy atom. The maximum absolute atomic E-state index is 13.6. The first-order valence-electron chi connectivity index (χ1n) is 7.98. The second-order valence-electron chi connectivity index (χ2n) is 5.73. The van der Waals surface area contributed by atoms with Crippen molar-refractivity contribution in [2.75, 3.05) is 31.5 Å². The van der Waals surface area contributed by atoms with Crippen molar-refractivity contribution in [2.45, 2.75) is 32.1 Å². The zero-order valence-electron chi connectivity index (χ0n) is 13.0. The van der Waals surface area contributed by atoms with Gasteiger partial charge in [-0.1, -0.05) is 22.4 Å². The third-order valence-corrected chi connectivity index (χ3v) is 4.34. The van der Waals surface area contributed by atoms with Gasteiger partial charge in [0.15, 0.2) is 11.6 Å². The van der Waals surface area contributed by atoms with E-state index in [2.05, 4.69) is 31.5 Å². The van der Waals surface area contributed by atoms with Crippen molar-refractivity contribution in [3.63, 3.8) is 0 Å². The quantitative estimate of drug-likeness (QED) is 0.718. The summed E-state index contributed by atoms with van der Waals surface area (Å²) >= 11 is 2.99. The number of benzene rings is 1. The molecule has 1 aliphatic heterocycles. The summed E-state index contributed by atoms with van der Waals surface area (Å²) in [6.45, 7) is 3.85. The molecule has 7 heteroatoms. The lowest BCUT2D eigenvalue weighted by Gasteiger charge is -2.26. The van der Waals surface area contributed by atoms with Crippen molar-refractivity contribution in [2.24, 2.45) is 0 Å². The predicted octanol–water partition coefficient (Wildman–Crippen LogP) is 4.11. The number of urea groups is 1. The van der Waals surface area contributed by atoms with Crippen LogP contribution in [0.15, 0.2) is 16.6 Å². The molecule has 23 heavy (non-hydrogen) atoms. The lowest BCUT2D eigenvalue weighted by atomic mass is 10.1. The smallest absolute Gasteiger partial charge is 0.319 e. The SMILES string of the molecule is O=C(NCCCCN1CCCCC1)Nc1c(F)cc(Br)cc1F. The lowest BCUT2D eigenvalue weighted by molar-refractivity contribution is 0.224. The highest BCUT2D eigenvalue weighted by atomic mass is 79.9. The van der Waals surface area contributed by atoms with Gasteiger partial charge < -0.3 is 15.5 Å². The summed E-state index contributed by atoms with van der Waals surface area (Å²) in [5, 5.41) is 4.84. The number of carbonyl (C=O) groups is 1. The number of likely N-dealkylation sites (tertiary alicyclic amines) is 1. The zero-order chi connectivity index (χ0) is 16.7. The van der Waals surface area contributed by atoms with Crippen molar-refractivity contribution >= 4 is 27.6 Å². The largest absolute Gasteiger partial charge is 0.338 e. The average molecular weight is 390 g/mol. The molecule has 4 nitrogen and oxygen atoms in total. The van der Waals surface area contributed by atoms with E-state index in [1.54, 1.807) is 0 Å². The molecule has 0 aromatic heterocycles. The van der Waals surface area contributed by atoms with Crippen LogP contribution in [0, 0.1) is 11.6 Å². The number of unbranched alkanes of at least 4 members (excludes halogenated alkanes) is 1. The Balaban J connectivity index is 1.65. The van der Waals surface area contributed by atoms with E-state index < -0.39 is 23.4 Å². The van der Waals surface area contributed by atoms with Crippen LogP contribution in [-0.4, -0.2) is 37.1 Å². The van der Waals surface area contributed by atoms with Gasteiger partial charge in [-0.15, -0.1) is 0 Å². The monoisotopic (exact) mass is 389 g/mol. The van der Waals surface area contributed by atoms with Gasteiger partial charge in [-0.05, 0) is 57.5 Å². The van der Waals surface area contributed by atoms with Gasteiger partial charge in [-0.2, -0.15) is 0 Å². The molecule has 0 unspecified atom stereocenters. The number of rotatable bonds is 6. The molecule has 2 amide bonds. The number of hydrogen-bond acceptors (Lipinski definition) is 2. The fourth-order valence-corrected chi connectivity index (χ4v) is 3.07. The van der Waals surface area contributed by atoms with E-state index in [0.717, 1.165) is 44.6 Å². The molecule has 0 radical (unpaired) electrons. The Morgan fingerprint density at radius 2 is 1.78 bits per heavy atom. The number of nitrogens with zero attached hydrogens (tertiary/aromatic N) is 1. The molecule has 1 aromatic carbocycles. The molecule has 0 saturated carbocycles. The Labute approximate surface area is 143 Å². The van der Waals surface area contributed by atoms with Gasteiger partial charge in [0.05, 0.1) is 0 Å². The number of amides is 2. The first-order valence-corrected chi connectivity index (χ1v) is 8.77. The third-order valence-electron chi connectivity index (χ3n) is 3.88. The number of anilines is 1. The van der Waals surface area contributed by atoms with Crippen molar-refractivity contribution in [3.8, 4) is 0 Å². The van der Waals surface area contributed by atoms with Crippen LogP contribution in [-0.2, 0) is 0 Å². The van der Waals surface area contributed by atoms with E-state index in [9.17, 15) is 13.6 Å². The molecular formula is C16H22BrF2N3O. The summed E-state index contributed by atoms with van der Waals surface area (Å²) in [4.78, 5) is 14.1. The standard InChI is InChI=1S/C16H22BrF2N3O/c17-12-10-13(18)15(14(19)11-12)21-16(23)20-6-2-5-9-22-7-3-1-4-8-22/h10-11H,1-9H2,(H2,20,21,23). The van der Waals surface area contributed by atoms with Gasteiger partial charge in [0.1, 0.15) is 5.69 Å². The van der Waals surface area contributed by atoms with Crippen LogP contribution < -0.4 is 10.6 Å². The molecule has 1 aliphatic rings. The van der Waals surface area contributed by atoms with E-state index in [-0.39, 0.29) is 4.47 Å². The Kier molecular flexibility index (Phi) is 7.23. The van der Waals surface area contributed by atoms with Crippen LogP contribution in [0.25, 0.3) is 0 Å². The van der Waals surface area contributed by atoms with Crippen molar-refractivity contribution in [1.29, 1.82) is 0 Å². The Morgan fingerprint density at radius 3 is 2.43 bits per heavy atom. The highest BCUT2D eigenvalue weighted by molar-refractivity contribution is 9.10. The average Bonchev–Trinajstić information content (AvgIpc) is 2.51. The van der Waals surface area contributed by atoms with E-state index in [1.807, 2.05) is 0 Å². The summed E-state index contributed by atoms with van der Waals surface area (Å²) in [5.74, 6) is -1.62. The van der Waals surface area contributed by atoms with Crippen molar-refractivity contribution in [1.82, 2.24) is 10.2 Å². The first-order chi connectivity index (χ1) is 11.1. The molecular weight excluding hydrogens is 368 g/mol. The fraction of sp³-hybridized carbons (Fsp3) is 0.562. The van der Waals surface area contributed by atoms with Gasteiger partial charge >= 0.3 is 6.03 Å². The Hall–Kier alpha value is -1.21. The van der Waals surface area contributed by atoms with Crippen molar-refractivity contribution in [3.05, 3.63) is 28.2 Å². The maximum Gasteiger partial charge on any atom is 0.319 e. The van der Waals surface area contributed by atoms with E-state index >= 15 is 0 Å². The molecule has 0 spiro atoms. The summed E-state index contributed by atoms with van der Waals surface area (Å²) in [7, 11) is 0. The van der Waals surface area contributed by atoms with Crippen LogP contribution in [0.3, 0.4) is 0 Å². The normalized spacial score (nSPS) is 15.4. The van der Waals surface area contributed by atoms with E-state index in [1.165, 1.54) is 19.3 Å². The highest BCUT2D eigenvalue weighted by Crippen LogP contribution is 2.23. The number of nitrogens with one attached hydrogen (secondary N) is 2. The van der Waals surface area contributed by atoms with E-state index in [4.69, 9.17) is 0 Å². The minimum absolute atomic E-state index is 0.288. The molecule has 0 atom stereocenters. The molecule has 2 N–H and O–H groups in total. The molecule has 128 valence electrons. The van der Waals surface area contributed by atoms with Crippen LogP contribution in [0.2, 0.25) is 0 Å². The van der Waals surface area contributed by atoms with Gasteiger partial charge in [0, 0.05) is 11.0 Å². The second kappa shape index (κ2) is 9.17. The molecule has 1 heterocycles. The predicted molar refractivity (Wildman–Crippen MR) is 90.6 cm³/mol. The summed E-state index contributed by atoms with van der Waals surface area (Å²) in [6, 6.07) is 1.62. The molecule has 1 aromatic rings. The number of halogens is 3. The number of carbonyl (C=O) groups excluding carboxylic acids is 1. The molecule has 1 fully saturated rings. The number of piperidine rings is 1. The first kappa shape index (κ1) is 18.1. The van der Waals surface area contributed by atoms with Crippen molar-refractivity contribution < 1.29 is 13.6 Å². The third kappa shape index (κ3) is 6.06. The molecule has 2 rings (SSSR count). The number of hydrogen-bond donors (Lipinski definition) is 2. The van der Waals surface area contributed by atoms with Crippen LogP contribution in [0.1, 0.15) is 32.1 Å². The minimum atomic E-state index is -0.808. The zero-order valence-corrected chi connectivity index (χ0v) is 14.6. The van der Waals surface area contributed by atoms with Crippen LogP contribution in [0.4, 0.5) is 19.3 Å². The minimum Gasteiger partial charge on any atom is -0.338 e. The summed E-state index contributed by atoms with van der Waals surface area (Å²) in [5.41, 5.74) is -0.431.